The van der Waals surface area contributed by atoms with Crippen molar-refractivity contribution < 1.29 is 22.8 Å². The minimum absolute atomic E-state index is 0.249. The molecular formula is C16H18F3N3O2. The van der Waals surface area contributed by atoms with E-state index in [0.717, 1.165) is 12.1 Å². The highest BCUT2D eigenvalue weighted by Gasteiger charge is 2.29. The van der Waals surface area contributed by atoms with Crippen LogP contribution in [0.5, 0.6) is 0 Å². The number of urea groups is 1. The standard InChI is InChI=1S/C16H18F3N3O2/c17-16(18,19)13-5-2-12(3-6-13)4-7-14(23)21-8-1-9-22(11-10-21)15(20)24/h2-7H,1,8-11H2,(H2,20,24)/b7-4+. The number of halogens is 3. The van der Waals surface area contributed by atoms with Gasteiger partial charge in [-0.25, -0.2) is 4.79 Å². The highest BCUT2D eigenvalue weighted by atomic mass is 19.4. The van der Waals surface area contributed by atoms with Gasteiger partial charge in [-0.3, -0.25) is 4.79 Å². The van der Waals surface area contributed by atoms with Gasteiger partial charge in [0.05, 0.1) is 5.56 Å². The molecule has 5 nitrogen and oxygen atoms in total. The lowest BCUT2D eigenvalue weighted by molar-refractivity contribution is -0.137. The molecule has 8 heteroatoms. The second kappa shape index (κ2) is 7.37. The Hall–Kier alpha value is -2.51. The van der Waals surface area contributed by atoms with E-state index in [1.165, 1.54) is 29.2 Å². The molecule has 1 aliphatic heterocycles. The lowest BCUT2D eigenvalue weighted by Gasteiger charge is -2.19. The summed E-state index contributed by atoms with van der Waals surface area (Å²) in [7, 11) is 0. The van der Waals surface area contributed by atoms with Crippen molar-refractivity contribution >= 4 is 18.0 Å². The molecule has 1 saturated heterocycles. The lowest BCUT2D eigenvalue weighted by Crippen LogP contribution is -2.39. The maximum Gasteiger partial charge on any atom is 0.416 e. The Morgan fingerprint density at radius 3 is 2.17 bits per heavy atom. The van der Waals surface area contributed by atoms with Crippen LogP contribution in [0.1, 0.15) is 17.5 Å². The molecule has 2 rings (SSSR count). The molecule has 24 heavy (non-hydrogen) atoms. The number of alkyl halides is 3. The maximum absolute atomic E-state index is 12.5. The van der Waals surface area contributed by atoms with E-state index in [1.54, 1.807) is 4.90 Å². The Kier molecular flexibility index (Phi) is 5.48. The van der Waals surface area contributed by atoms with E-state index in [2.05, 4.69) is 0 Å². The number of rotatable bonds is 2. The molecule has 0 radical (unpaired) electrons. The van der Waals surface area contributed by atoms with Crippen molar-refractivity contribution in [2.45, 2.75) is 12.6 Å². The summed E-state index contributed by atoms with van der Waals surface area (Å²) < 4.78 is 37.5. The van der Waals surface area contributed by atoms with E-state index < -0.39 is 17.8 Å². The molecule has 1 aliphatic rings. The highest BCUT2D eigenvalue weighted by Crippen LogP contribution is 2.29. The third-order valence-electron chi connectivity index (χ3n) is 3.78. The normalized spacial score (nSPS) is 16.3. The van der Waals surface area contributed by atoms with Gasteiger partial charge in [0, 0.05) is 32.3 Å². The first-order chi connectivity index (χ1) is 11.3. The predicted molar refractivity (Wildman–Crippen MR) is 82.8 cm³/mol. The fraction of sp³-hybridized carbons (Fsp3) is 0.375. The molecule has 0 spiro atoms. The summed E-state index contributed by atoms with van der Waals surface area (Å²) >= 11 is 0. The van der Waals surface area contributed by atoms with E-state index in [-0.39, 0.29) is 5.91 Å². The summed E-state index contributed by atoms with van der Waals surface area (Å²) in [5.41, 5.74) is 5.00. The Morgan fingerprint density at radius 2 is 1.58 bits per heavy atom. The van der Waals surface area contributed by atoms with Crippen molar-refractivity contribution in [3.8, 4) is 0 Å². The zero-order chi connectivity index (χ0) is 17.7. The van der Waals surface area contributed by atoms with Crippen molar-refractivity contribution in [2.24, 2.45) is 5.73 Å². The zero-order valence-electron chi connectivity index (χ0n) is 12.9. The monoisotopic (exact) mass is 341 g/mol. The summed E-state index contributed by atoms with van der Waals surface area (Å²) in [4.78, 5) is 26.4. The molecule has 0 unspecified atom stereocenters. The molecule has 2 N–H and O–H groups in total. The molecule has 0 atom stereocenters. The van der Waals surface area contributed by atoms with Gasteiger partial charge in [0.2, 0.25) is 5.91 Å². The van der Waals surface area contributed by atoms with Crippen LogP contribution in [0, 0.1) is 0 Å². The van der Waals surface area contributed by atoms with Crippen molar-refractivity contribution in [3.63, 3.8) is 0 Å². The van der Waals surface area contributed by atoms with Crippen molar-refractivity contribution in [3.05, 3.63) is 41.5 Å². The van der Waals surface area contributed by atoms with E-state index in [1.807, 2.05) is 0 Å². The van der Waals surface area contributed by atoms with Gasteiger partial charge in [-0.15, -0.1) is 0 Å². The summed E-state index contributed by atoms with van der Waals surface area (Å²) in [5, 5.41) is 0. The van der Waals surface area contributed by atoms with E-state index in [9.17, 15) is 22.8 Å². The number of carbonyl (C=O) groups is 2. The molecule has 0 saturated carbocycles. The molecule has 130 valence electrons. The first kappa shape index (κ1) is 17.8. The number of hydrogen-bond donors (Lipinski definition) is 1. The average Bonchev–Trinajstić information content (AvgIpc) is 2.78. The number of hydrogen-bond acceptors (Lipinski definition) is 2. The SMILES string of the molecule is NC(=O)N1CCCN(C(=O)/C=C/c2ccc(C(F)(F)F)cc2)CC1. The molecule has 1 heterocycles. The first-order valence-electron chi connectivity index (χ1n) is 7.46. The largest absolute Gasteiger partial charge is 0.416 e. The van der Waals surface area contributed by atoms with Crippen LogP contribution in [0.25, 0.3) is 6.08 Å². The quantitative estimate of drug-likeness (QED) is 0.839. The molecule has 1 aromatic rings. The van der Waals surface area contributed by atoms with Crippen LogP contribution in [0.4, 0.5) is 18.0 Å². The van der Waals surface area contributed by atoms with E-state index in [0.29, 0.717) is 38.2 Å². The Labute approximate surface area is 137 Å². The van der Waals surface area contributed by atoms with Gasteiger partial charge >= 0.3 is 12.2 Å². The third kappa shape index (κ3) is 4.74. The number of primary amides is 1. The third-order valence-corrected chi connectivity index (χ3v) is 3.78. The smallest absolute Gasteiger partial charge is 0.351 e. The zero-order valence-corrected chi connectivity index (χ0v) is 12.9. The van der Waals surface area contributed by atoms with Gasteiger partial charge in [0.15, 0.2) is 0 Å². The molecule has 1 fully saturated rings. The average molecular weight is 341 g/mol. The van der Waals surface area contributed by atoms with Crippen LogP contribution in [0.3, 0.4) is 0 Å². The molecule has 0 aromatic heterocycles. The Bertz CT molecular complexity index is 626. The van der Waals surface area contributed by atoms with E-state index >= 15 is 0 Å². The van der Waals surface area contributed by atoms with Crippen molar-refractivity contribution in [1.29, 1.82) is 0 Å². The minimum atomic E-state index is -4.38. The lowest BCUT2D eigenvalue weighted by atomic mass is 10.1. The molecule has 0 aliphatic carbocycles. The second-order valence-electron chi connectivity index (χ2n) is 5.46. The van der Waals surface area contributed by atoms with Gasteiger partial charge in [-0.2, -0.15) is 13.2 Å². The molecule has 0 bridgehead atoms. The molecular weight excluding hydrogens is 323 g/mol. The fourth-order valence-electron chi connectivity index (χ4n) is 2.41. The van der Waals surface area contributed by atoms with Crippen LogP contribution in [-0.4, -0.2) is 47.9 Å². The van der Waals surface area contributed by atoms with Gasteiger partial charge in [0.1, 0.15) is 0 Å². The van der Waals surface area contributed by atoms with Crippen molar-refractivity contribution in [2.75, 3.05) is 26.2 Å². The number of benzene rings is 1. The molecule has 3 amide bonds. The van der Waals surface area contributed by atoms with Crippen LogP contribution in [0.15, 0.2) is 30.3 Å². The summed E-state index contributed by atoms with van der Waals surface area (Å²) in [5.74, 6) is -0.249. The Balaban J connectivity index is 1.96. The summed E-state index contributed by atoms with van der Waals surface area (Å²) in [6.45, 7) is 1.75. The number of nitrogens with two attached hydrogens (primary N) is 1. The van der Waals surface area contributed by atoms with Gasteiger partial charge in [-0.05, 0) is 30.2 Å². The highest BCUT2D eigenvalue weighted by molar-refractivity contribution is 5.91. The van der Waals surface area contributed by atoms with Gasteiger partial charge < -0.3 is 15.5 Å². The number of nitrogens with zero attached hydrogens (tertiary/aromatic N) is 2. The summed E-state index contributed by atoms with van der Waals surface area (Å²) in [6.07, 6.45) is -0.957. The van der Waals surface area contributed by atoms with Crippen LogP contribution >= 0.6 is 0 Å². The van der Waals surface area contributed by atoms with E-state index in [4.69, 9.17) is 5.73 Å². The van der Waals surface area contributed by atoms with Crippen LogP contribution < -0.4 is 5.73 Å². The molecule has 1 aromatic carbocycles. The van der Waals surface area contributed by atoms with Gasteiger partial charge in [-0.1, -0.05) is 12.1 Å². The fourth-order valence-corrected chi connectivity index (χ4v) is 2.41. The number of amides is 3. The predicted octanol–water partition coefficient (Wildman–Crippen LogP) is 2.33. The number of carbonyl (C=O) groups excluding carboxylic acids is 2. The summed E-state index contributed by atoms with van der Waals surface area (Å²) in [6, 6.07) is 4.06. The first-order valence-corrected chi connectivity index (χ1v) is 7.46. The van der Waals surface area contributed by atoms with Gasteiger partial charge in [0.25, 0.3) is 0 Å². The van der Waals surface area contributed by atoms with Crippen LogP contribution in [0.2, 0.25) is 0 Å². The Morgan fingerprint density at radius 1 is 1.00 bits per heavy atom. The topological polar surface area (TPSA) is 66.6 Å². The second-order valence-corrected chi connectivity index (χ2v) is 5.46. The van der Waals surface area contributed by atoms with Crippen molar-refractivity contribution in [1.82, 2.24) is 9.80 Å². The van der Waals surface area contributed by atoms with Crippen LogP contribution in [-0.2, 0) is 11.0 Å². The maximum atomic E-state index is 12.5. The minimum Gasteiger partial charge on any atom is -0.351 e.